The summed E-state index contributed by atoms with van der Waals surface area (Å²) in [5, 5.41) is 3.51. The van der Waals surface area contributed by atoms with E-state index < -0.39 is 18.1 Å². The van der Waals surface area contributed by atoms with Crippen LogP contribution >= 0.6 is 0 Å². The summed E-state index contributed by atoms with van der Waals surface area (Å²) in [5.74, 6) is -0.634. The predicted octanol–water partition coefficient (Wildman–Crippen LogP) is 4.90. The third-order valence-electron chi connectivity index (χ3n) is 6.57. The smallest absolute Gasteiger partial charge is 0.266 e. The number of hydrogen-bond donors (Lipinski definition) is 0. The maximum Gasteiger partial charge on any atom is 0.266 e. The summed E-state index contributed by atoms with van der Waals surface area (Å²) in [6, 6.07) is 30.0. The molecule has 2 fully saturated rings. The molecule has 2 aliphatic rings. The zero-order valence-corrected chi connectivity index (χ0v) is 18.5. The van der Waals surface area contributed by atoms with E-state index in [2.05, 4.69) is 0 Å². The van der Waals surface area contributed by atoms with Crippen LogP contribution in [0.15, 0.2) is 97.1 Å². The number of nitrogens with zero attached hydrogens (tertiary/aromatic N) is 2. The Bertz CT molecular complexity index is 1400. The molecule has 168 valence electrons. The number of rotatable bonds is 4. The largest absolute Gasteiger partial charge is 0.497 e. The van der Waals surface area contributed by atoms with Gasteiger partial charge in [0.1, 0.15) is 11.7 Å². The molecular formula is C28H22N2O4. The van der Waals surface area contributed by atoms with Crippen LogP contribution in [0.3, 0.4) is 0 Å². The van der Waals surface area contributed by atoms with Crippen LogP contribution in [-0.4, -0.2) is 25.0 Å². The predicted molar refractivity (Wildman–Crippen MR) is 129 cm³/mol. The lowest BCUT2D eigenvalue weighted by molar-refractivity contribution is -0.126. The number of carbonyl (C=O) groups is 2. The van der Waals surface area contributed by atoms with Crippen molar-refractivity contribution in [1.29, 1.82) is 0 Å². The zero-order valence-electron chi connectivity index (χ0n) is 18.5. The molecule has 6 nitrogen and oxygen atoms in total. The minimum atomic E-state index is -0.914. The van der Waals surface area contributed by atoms with E-state index in [4.69, 9.17) is 9.57 Å². The van der Waals surface area contributed by atoms with Crippen molar-refractivity contribution in [3.8, 4) is 5.75 Å². The molecule has 0 saturated carbocycles. The molecule has 2 amide bonds. The molecule has 2 heterocycles. The second kappa shape index (κ2) is 8.01. The summed E-state index contributed by atoms with van der Waals surface area (Å²) in [6.45, 7) is 0. The highest BCUT2D eigenvalue weighted by Gasteiger charge is 2.60. The van der Waals surface area contributed by atoms with Gasteiger partial charge >= 0.3 is 0 Å². The fourth-order valence-corrected chi connectivity index (χ4v) is 5.02. The third kappa shape index (κ3) is 3.07. The lowest BCUT2D eigenvalue weighted by Gasteiger charge is -2.29. The Morgan fingerprint density at radius 3 is 2.35 bits per heavy atom. The lowest BCUT2D eigenvalue weighted by Crippen LogP contribution is -2.37. The molecule has 0 aliphatic carbocycles. The third-order valence-corrected chi connectivity index (χ3v) is 6.57. The van der Waals surface area contributed by atoms with Crippen LogP contribution in [0.2, 0.25) is 0 Å². The molecule has 4 aromatic carbocycles. The molecule has 0 radical (unpaired) electrons. The number of imide groups is 1. The van der Waals surface area contributed by atoms with Gasteiger partial charge in [-0.2, -0.15) is 0 Å². The Balaban J connectivity index is 1.47. The molecule has 6 heteroatoms. The number of methoxy groups -OCH3 is 1. The van der Waals surface area contributed by atoms with Crippen molar-refractivity contribution in [3.63, 3.8) is 0 Å². The normalized spacial score (nSPS) is 21.9. The van der Waals surface area contributed by atoms with Gasteiger partial charge in [-0.1, -0.05) is 66.7 Å². The number of anilines is 2. The quantitative estimate of drug-likeness (QED) is 0.414. The topological polar surface area (TPSA) is 59.1 Å². The van der Waals surface area contributed by atoms with Crippen molar-refractivity contribution in [1.82, 2.24) is 0 Å². The van der Waals surface area contributed by atoms with Crippen LogP contribution in [-0.2, 0) is 14.4 Å². The van der Waals surface area contributed by atoms with Crippen molar-refractivity contribution in [2.24, 2.45) is 5.92 Å². The van der Waals surface area contributed by atoms with Crippen LogP contribution in [0.1, 0.15) is 11.6 Å². The van der Waals surface area contributed by atoms with E-state index in [0.717, 1.165) is 22.0 Å². The van der Waals surface area contributed by atoms with E-state index in [-0.39, 0.29) is 11.8 Å². The Morgan fingerprint density at radius 1 is 0.794 bits per heavy atom. The van der Waals surface area contributed by atoms with E-state index >= 15 is 0 Å². The zero-order chi connectivity index (χ0) is 23.2. The Kier molecular flexibility index (Phi) is 4.81. The number of para-hydroxylation sites is 1. The molecule has 4 aromatic rings. The highest BCUT2D eigenvalue weighted by molar-refractivity contribution is 6.26. The van der Waals surface area contributed by atoms with Crippen LogP contribution in [0.5, 0.6) is 5.75 Å². The number of hydroxylamine groups is 1. The Labute approximate surface area is 196 Å². The van der Waals surface area contributed by atoms with E-state index in [1.54, 1.807) is 12.2 Å². The number of benzene rings is 4. The first-order chi connectivity index (χ1) is 16.7. The van der Waals surface area contributed by atoms with E-state index in [1.807, 2.05) is 97.1 Å². The molecule has 6 rings (SSSR count). The van der Waals surface area contributed by atoms with Gasteiger partial charge in [-0.25, -0.2) is 9.96 Å². The van der Waals surface area contributed by atoms with E-state index in [0.29, 0.717) is 11.4 Å². The average molecular weight is 450 g/mol. The molecule has 0 unspecified atom stereocenters. The van der Waals surface area contributed by atoms with E-state index in [9.17, 15) is 9.59 Å². The van der Waals surface area contributed by atoms with Gasteiger partial charge < -0.3 is 4.74 Å². The van der Waals surface area contributed by atoms with E-state index in [1.165, 1.54) is 4.90 Å². The summed E-state index contributed by atoms with van der Waals surface area (Å²) in [5.41, 5.74) is 2.21. The SMILES string of the molecule is COc1cccc([C@H]2[C@H]3C(=O)N(c4cccc5ccccc45)C(=O)[C@@H]3ON2c2ccccc2)c1. The molecule has 2 aliphatic heterocycles. The summed E-state index contributed by atoms with van der Waals surface area (Å²) in [4.78, 5) is 35.1. The summed E-state index contributed by atoms with van der Waals surface area (Å²) in [6.07, 6.45) is -0.914. The first kappa shape index (κ1) is 20.4. The van der Waals surface area contributed by atoms with Gasteiger partial charge in [-0.15, -0.1) is 0 Å². The van der Waals surface area contributed by atoms with Gasteiger partial charge in [0.15, 0.2) is 6.10 Å². The van der Waals surface area contributed by atoms with Gasteiger partial charge in [0.25, 0.3) is 5.91 Å². The van der Waals surface area contributed by atoms with Crippen LogP contribution in [0.25, 0.3) is 10.8 Å². The Morgan fingerprint density at radius 2 is 1.53 bits per heavy atom. The van der Waals surface area contributed by atoms with Crippen molar-refractivity contribution in [2.45, 2.75) is 12.1 Å². The van der Waals surface area contributed by atoms with Gasteiger partial charge in [0, 0.05) is 5.39 Å². The van der Waals surface area contributed by atoms with Crippen molar-refractivity contribution in [2.75, 3.05) is 17.1 Å². The number of ether oxygens (including phenoxy) is 1. The standard InChI is InChI=1S/C28H22N2O4/c1-33-21-14-7-11-19(17-21)25-24-26(34-30(25)20-12-3-2-4-13-20)28(32)29(27(24)31)23-16-8-10-18-9-5-6-15-22(18)23/h2-17,24-26H,1H3/t24-,25+,26-/m1/s1. The van der Waals surface area contributed by atoms with Gasteiger partial charge in [0.2, 0.25) is 5.91 Å². The summed E-state index contributed by atoms with van der Waals surface area (Å²) < 4.78 is 5.43. The summed E-state index contributed by atoms with van der Waals surface area (Å²) in [7, 11) is 1.61. The molecule has 0 bridgehead atoms. The molecule has 3 atom stereocenters. The number of hydrogen-bond acceptors (Lipinski definition) is 5. The maximum atomic E-state index is 13.9. The Hall–Kier alpha value is -4.16. The minimum absolute atomic E-state index is 0.266. The van der Waals surface area contributed by atoms with Gasteiger partial charge in [0.05, 0.1) is 24.5 Å². The molecule has 0 spiro atoms. The molecule has 0 N–H and O–H groups in total. The second-order valence-corrected chi connectivity index (χ2v) is 8.44. The molecule has 2 saturated heterocycles. The first-order valence-corrected chi connectivity index (χ1v) is 11.2. The number of carbonyl (C=O) groups excluding carboxylic acids is 2. The van der Waals surface area contributed by atoms with Crippen molar-refractivity contribution in [3.05, 3.63) is 103 Å². The molecule has 0 aromatic heterocycles. The van der Waals surface area contributed by atoms with Gasteiger partial charge in [-0.3, -0.25) is 14.4 Å². The van der Waals surface area contributed by atoms with Crippen molar-refractivity contribution < 1.29 is 19.2 Å². The highest BCUT2D eigenvalue weighted by Crippen LogP contribution is 2.48. The van der Waals surface area contributed by atoms with Crippen molar-refractivity contribution >= 4 is 34.0 Å². The second-order valence-electron chi connectivity index (χ2n) is 8.44. The first-order valence-electron chi connectivity index (χ1n) is 11.2. The van der Waals surface area contributed by atoms with Crippen LogP contribution < -0.4 is 14.7 Å². The van der Waals surface area contributed by atoms with Crippen LogP contribution in [0.4, 0.5) is 11.4 Å². The molecular weight excluding hydrogens is 428 g/mol. The highest BCUT2D eigenvalue weighted by atomic mass is 16.7. The van der Waals surface area contributed by atoms with Gasteiger partial charge in [-0.05, 0) is 41.3 Å². The average Bonchev–Trinajstić information content (AvgIpc) is 3.40. The number of fused-ring (bicyclic) bond motifs is 2. The monoisotopic (exact) mass is 450 g/mol. The molecule has 34 heavy (non-hydrogen) atoms. The fraction of sp³-hybridized carbons (Fsp3) is 0.143. The maximum absolute atomic E-state index is 13.9. The summed E-state index contributed by atoms with van der Waals surface area (Å²) >= 11 is 0. The van der Waals surface area contributed by atoms with Crippen LogP contribution in [0, 0.1) is 5.92 Å². The fourth-order valence-electron chi connectivity index (χ4n) is 5.02. The lowest BCUT2D eigenvalue weighted by atomic mass is 9.90. The number of amides is 2. The minimum Gasteiger partial charge on any atom is -0.497 e.